The number of benzene rings is 2. The van der Waals surface area contributed by atoms with Gasteiger partial charge in [0, 0.05) is 6.54 Å². The summed E-state index contributed by atoms with van der Waals surface area (Å²) in [6.45, 7) is 1.82. The minimum absolute atomic E-state index is 0.00746. The summed E-state index contributed by atoms with van der Waals surface area (Å²) in [6, 6.07) is 12.2. The van der Waals surface area contributed by atoms with E-state index in [1.807, 2.05) is 13.0 Å². The molecule has 0 radical (unpaired) electrons. The van der Waals surface area contributed by atoms with Crippen LogP contribution >= 0.6 is 11.6 Å². The summed E-state index contributed by atoms with van der Waals surface area (Å²) in [5.41, 5.74) is 1.06. The molecule has 0 spiro atoms. The van der Waals surface area contributed by atoms with E-state index in [-0.39, 0.29) is 28.4 Å². The number of aromatic carboxylic acids is 1. The average Bonchev–Trinajstić information content (AvgIpc) is 2.56. The Balaban J connectivity index is 2.55. The van der Waals surface area contributed by atoms with Crippen molar-refractivity contribution in [2.75, 3.05) is 10.8 Å². The smallest absolute Gasteiger partial charge is 0.337 e. The van der Waals surface area contributed by atoms with Gasteiger partial charge in [0.1, 0.15) is 0 Å². The maximum absolute atomic E-state index is 13.0. The largest absolute Gasteiger partial charge is 0.478 e. The van der Waals surface area contributed by atoms with Gasteiger partial charge in [-0.2, -0.15) is 5.26 Å². The molecule has 0 fully saturated rings. The van der Waals surface area contributed by atoms with Crippen molar-refractivity contribution in [1.29, 1.82) is 5.26 Å². The second kappa shape index (κ2) is 7.55. The van der Waals surface area contributed by atoms with E-state index < -0.39 is 16.0 Å². The summed E-state index contributed by atoms with van der Waals surface area (Å²) >= 11 is 5.81. The second-order valence-corrected chi connectivity index (χ2v) is 7.54. The molecule has 0 saturated heterocycles. The van der Waals surface area contributed by atoms with Crippen molar-refractivity contribution >= 4 is 33.3 Å². The summed E-state index contributed by atoms with van der Waals surface area (Å²) < 4.78 is 27.1. The number of anilines is 1. The predicted molar refractivity (Wildman–Crippen MR) is 94.4 cm³/mol. The van der Waals surface area contributed by atoms with Gasteiger partial charge in [-0.15, -0.1) is 0 Å². The fourth-order valence-corrected chi connectivity index (χ4v) is 3.90. The zero-order chi connectivity index (χ0) is 18.6. The summed E-state index contributed by atoms with van der Waals surface area (Å²) in [5.74, 6) is -1.32. The molecule has 6 nitrogen and oxygen atoms in total. The molecule has 1 N–H and O–H groups in total. The Bertz CT molecular complexity index is 934. The van der Waals surface area contributed by atoms with Gasteiger partial charge in [-0.1, -0.05) is 29.3 Å². The number of rotatable bonds is 6. The molecule has 25 heavy (non-hydrogen) atoms. The molecule has 0 heterocycles. The molecule has 2 aromatic rings. The zero-order valence-corrected chi connectivity index (χ0v) is 14.9. The van der Waals surface area contributed by atoms with Crippen LogP contribution in [0.2, 0.25) is 5.02 Å². The maximum Gasteiger partial charge on any atom is 0.337 e. The van der Waals surface area contributed by atoms with Crippen LogP contribution in [-0.4, -0.2) is 26.0 Å². The average molecular weight is 379 g/mol. The SMILES string of the molecule is Cc1ccc(N(CCC#N)S(=O)(=O)c2ccc(Cl)c(C(=O)O)c2)cc1. The van der Waals surface area contributed by atoms with Gasteiger partial charge in [0.05, 0.1) is 33.7 Å². The molecular formula is C17H15ClN2O4S. The minimum atomic E-state index is -4.05. The first-order chi connectivity index (χ1) is 11.8. The Morgan fingerprint density at radius 1 is 1.24 bits per heavy atom. The van der Waals surface area contributed by atoms with Gasteiger partial charge in [-0.25, -0.2) is 13.2 Å². The molecule has 0 atom stereocenters. The number of nitrogens with zero attached hydrogens (tertiary/aromatic N) is 2. The van der Waals surface area contributed by atoms with Crippen LogP contribution in [0, 0.1) is 18.3 Å². The van der Waals surface area contributed by atoms with Crippen molar-refractivity contribution in [3.8, 4) is 6.07 Å². The first kappa shape index (κ1) is 18.8. The van der Waals surface area contributed by atoms with E-state index in [4.69, 9.17) is 22.0 Å². The Kier molecular flexibility index (Phi) is 5.67. The highest BCUT2D eigenvalue weighted by atomic mass is 35.5. The lowest BCUT2D eigenvalue weighted by molar-refractivity contribution is 0.0697. The van der Waals surface area contributed by atoms with E-state index in [9.17, 15) is 13.2 Å². The lowest BCUT2D eigenvalue weighted by atomic mass is 10.2. The third kappa shape index (κ3) is 4.10. The number of carbonyl (C=O) groups is 1. The topological polar surface area (TPSA) is 98.5 Å². The van der Waals surface area contributed by atoms with Crippen LogP contribution in [0.15, 0.2) is 47.4 Å². The number of sulfonamides is 1. The highest BCUT2D eigenvalue weighted by molar-refractivity contribution is 7.92. The van der Waals surface area contributed by atoms with Crippen molar-refractivity contribution < 1.29 is 18.3 Å². The van der Waals surface area contributed by atoms with Crippen molar-refractivity contribution in [2.45, 2.75) is 18.2 Å². The molecule has 0 unspecified atom stereocenters. The van der Waals surface area contributed by atoms with Crippen LogP contribution in [0.25, 0.3) is 0 Å². The van der Waals surface area contributed by atoms with Crippen LogP contribution in [0.3, 0.4) is 0 Å². The lowest BCUT2D eigenvalue weighted by Gasteiger charge is -2.24. The van der Waals surface area contributed by atoms with Crippen LogP contribution in [0.5, 0.6) is 0 Å². The highest BCUT2D eigenvalue weighted by Crippen LogP contribution is 2.27. The highest BCUT2D eigenvalue weighted by Gasteiger charge is 2.26. The molecule has 2 rings (SSSR count). The minimum Gasteiger partial charge on any atom is -0.478 e. The molecule has 8 heteroatoms. The molecule has 0 aliphatic rings. The summed E-state index contributed by atoms with van der Waals surface area (Å²) in [6.07, 6.45) is -0.00746. The quantitative estimate of drug-likeness (QED) is 0.829. The number of hydrogen-bond donors (Lipinski definition) is 1. The van der Waals surface area contributed by atoms with E-state index in [0.29, 0.717) is 5.69 Å². The van der Waals surface area contributed by atoms with Gasteiger partial charge in [0.2, 0.25) is 0 Å². The van der Waals surface area contributed by atoms with E-state index in [1.54, 1.807) is 24.3 Å². The molecule has 0 aromatic heterocycles. The van der Waals surface area contributed by atoms with Crippen LogP contribution in [-0.2, 0) is 10.0 Å². The molecule has 0 bridgehead atoms. The van der Waals surface area contributed by atoms with Gasteiger partial charge < -0.3 is 5.11 Å². The third-order valence-electron chi connectivity index (χ3n) is 3.50. The molecule has 0 aliphatic carbocycles. The number of halogens is 1. The zero-order valence-electron chi connectivity index (χ0n) is 13.3. The van der Waals surface area contributed by atoms with Gasteiger partial charge in [0.25, 0.3) is 10.0 Å². The molecule has 0 saturated carbocycles. The van der Waals surface area contributed by atoms with Gasteiger partial charge >= 0.3 is 5.97 Å². The lowest BCUT2D eigenvalue weighted by Crippen LogP contribution is -2.32. The number of carboxylic acids is 1. The van der Waals surface area contributed by atoms with E-state index in [0.717, 1.165) is 15.9 Å². The first-order valence-corrected chi connectivity index (χ1v) is 9.08. The molecular weight excluding hydrogens is 364 g/mol. The molecule has 0 amide bonds. The fourth-order valence-electron chi connectivity index (χ4n) is 2.21. The summed E-state index contributed by atoms with van der Waals surface area (Å²) in [5, 5.41) is 17.9. The number of carboxylic acid groups (broad SMARTS) is 1. The number of nitriles is 1. The van der Waals surface area contributed by atoms with Crippen molar-refractivity contribution in [3.63, 3.8) is 0 Å². The normalized spacial score (nSPS) is 10.9. The Morgan fingerprint density at radius 3 is 2.44 bits per heavy atom. The van der Waals surface area contributed by atoms with E-state index in [2.05, 4.69) is 0 Å². The Hall–Kier alpha value is -2.56. The summed E-state index contributed by atoms with van der Waals surface area (Å²) in [4.78, 5) is 11.0. The van der Waals surface area contributed by atoms with Crippen LogP contribution in [0.4, 0.5) is 5.69 Å². The van der Waals surface area contributed by atoms with Crippen molar-refractivity contribution in [3.05, 3.63) is 58.6 Å². The van der Waals surface area contributed by atoms with E-state index >= 15 is 0 Å². The van der Waals surface area contributed by atoms with Gasteiger partial charge in [0.15, 0.2) is 0 Å². The number of hydrogen-bond acceptors (Lipinski definition) is 4. The Morgan fingerprint density at radius 2 is 1.88 bits per heavy atom. The maximum atomic E-state index is 13.0. The van der Waals surface area contributed by atoms with Crippen molar-refractivity contribution in [2.24, 2.45) is 0 Å². The van der Waals surface area contributed by atoms with Gasteiger partial charge in [-0.3, -0.25) is 4.31 Å². The van der Waals surface area contributed by atoms with Gasteiger partial charge in [-0.05, 0) is 37.3 Å². The number of aryl methyl sites for hydroxylation is 1. The first-order valence-electron chi connectivity index (χ1n) is 7.26. The van der Waals surface area contributed by atoms with E-state index in [1.165, 1.54) is 12.1 Å². The predicted octanol–water partition coefficient (Wildman–Crippen LogP) is 3.46. The summed E-state index contributed by atoms with van der Waals surface area (Å²) in [7, 11) is -4.05. The van der Waals surface area contributed by atoms with Crippen molar-refractivity contribution in [1.82, 2.24) is 0 Å². The fraction of sp³-hybridized carbons (Fsp3) is 0.176. The third-order valence-corrected chi connectivity index (χ3v) is 5.66. The Labute approximate surface area is 150 Å². The standard InChI is InChI=1S/C17H15ClN2O4S/c1-12-3-5-13(6-4-12)20(10-2-9-19)25(23,24)14-7-8-16(18)15(11-14)17(21)22/h3-8,11H,2,10H2,1H3,(H,21,22). The van der Waals surface area contributed by atoms with Crippen LogP contribution < -0.4 is 4.31 Å². The molecule has 0 aliphatic heterocycles. The molecule has 2 aromatic carbocycles. The second-order valence-electron chi connectivity index (χ2n) is 5.27. The van der Waals surface area contributed by atoms with Crippen LogP contribution in [0.1, 0.15) is 22.3 Å². The monoisotopic (exact) mass is 378 g/mol. The molecule has 130 valence electrons.